The molecule has 0 fully saturated rings. The molecule has 76 valence electrons. The van der Waals surface area contributed by atoms with Crippen LogP contribution in [0.25, 0.3) is 0 Å². The van der Waals surface area contributed by atoms with Crippen LogP contribution in [0, 0.1) is 11.6 Å². The Morgan fingerprint density at radius 1 is 1.43 bits per heavy atom. The molecule has 2 N–H and O–H groups in total. The first kappa shape index (κ1) is 10.4. The van der Waals surface area contributed by atoms with E-state index in [9.17, 15) is 13.6 Å². The predicted molar refractivity (Wildman–Crippen MR) is 45.6 cm³/mol. The number of rotatable bonds is 3. The van der Waals surface area contributed by atoms with Gasteiger partial charge in [0.05, 0.1) is 0 Å². The van der Waals surface area contributed by atoms with Crippen molar-refractivity contribution in [3.8, 4) is 5.75 Å². The van der Waals surface area contributed by atoms with Gasteiger partial charge in [0, 0.05) is 6.07 Å². The monoisotopic (exact) mass is 201 g/mol. The average Bonchev–Trinajstić information content (AvgIpc) is 2.11. The number of carbonyl (C=O) groups is 1. The van der Waals surface area contributed by atoms with Gasteiger partial charge in [-0.15, -0.1) is 0 Å². The highest BCUT2D eigenvalue weighted by molar-refractivity contribution is 5.78. The van der Waals surface area contributed by atoms with Gasteiger partial charge in [-0.2, -0.15) is 0 Å². The Morgan fingerprint density at radius 2 is 2.07 bits per heavy atom. The third-order valence-corrected chi connectivity index (χ3v) is 1.60. The maximum absolute atomic E-state index is 12.7. The van der Waals surface area contributed by atoms with Gasteiger partial charge < -0.3 is 10.5 Å². The number of hydrogen-bond acceptors (Lipinski definition) is 2. The molecule has 1 aromatic carbocycles. The third-order valence-electron chi connectivity index (χ3n) is 1.60. The van der Waals surface area contributed by atoms with Crippen LogP contribution in [0.2, 0.25) is 0 Å². The lowest BCUT2D eigenvalue weighted by Crippen LogP contribution is -2.30. The number of amides is 1. The summed E-state index contributed by atoms with van der Waals surface area (Å²) in [7, 11) is 0. The van der Waals surface area contributed by atoms with Crippen molar-refractivity contribution in [1.82, 2.24) is 0 Å². The Balaban J connectivity index is 2.78. The average molecular weight is 201 g/mol. The van der Waals surface area contributed by atoms with Gasteiger partial charge in [0.25, 0.3) is 5.91 Å². The van der Waals surface area contributed by atoms with Crippen molar-refractivity contribution in [2.24, 2.45) is 5.73 Å². The standard InChI is InChI=1S/C9H9F2NO2/c1-5(9(12)13)14-6-2-3-7(10)8(11)4-6/h2-5H,1H3,(H2,12,13)/t5-/m0/s1. The number of halogens is 2. The molecule has 0 radical (unpaired) electrons. The number of carbonyl (C=O) groups excluding carboxylic acids is 1. The smallest absolute Gasteiger partial charge is 0.258 e. The fourth-order valence-corrected chi connectivity index (χ4v) is 0.812. The van der Waals surface area contributed by atoms with Crippen LogP contribution in [-0.4, -0.2) is 12.0 Å². The van der Waals surface area contributed by atoms with Gasteiger partial charge in [0.15, 0.2) is 17.7 Å². The first-order chi connectivity index (χ1) is 6.50. The van der Waals surface area contributed by atoms with E-state index in [-0.39, 0.29) is 5.75 Å². The molecule has 0 bridgehead atoms. The van der Waals surface area contributed by atoms with E-state index in [0.717, 1.165) is 12.1 Å². The van der Waals surface area contributed by atoms with Crippen LogP contribution in [0.1, 0.15) is 6.92 Å². The van der Waals surface area contributed by atoms with Gasteiger partial charge in [0.1, 0.15) is 5.75 Å². The molecule has 0 aromatic heterocycles. The van der Waals surface area contributed by atoms with E-state index in [1.54, 1.807) is 0 Å². The van der Waals surface area contributed by atoms with E-state index in [4.69, 9.17) is 10.5 Å². The van der Waals surface area contributed by atoms with E-state index in [1.807, 2.05) is 0 Å². The Labute approximate surface area is 79.5 Å². The van der Waals surface area contributed by atoms with E-state index in [0.29, 0.717) is 0 Å². The van der Waals surface area contributed by atoms with Crippen molar-refractivity contribution in [3.05, 3.63) is 29.8 Å². The highest BCUT2D eigenvalue weighted by Gasteiger charge is 2.11. The lowest BCUT2D eigenvalue weighted by molar-refractivity contribution is -0.123. The molecule has 0 spiro atoms. The zero-order valence-electron chi connectivity index (χ0n) is 7.46. The fraction of sp³-hybridized carbons (Fsp3) is 0.222. The topological polar surface area (TPSA) is 52.3 Å². The molecule has 0 unspecified atom stereocenters. The highest BCUT2D eigenvalue weighted by atomic mass is 19.2. The molecule has 0 aliphatic carbocycles. The summed E-state index contributed by atoms with van der Waals surface area (Å²) in [4.78, 5) is 10.6. The summed E-state index contributed by atoms with van der Waals surface area (Å²) in [6, 6.07) is 2.99. The summed E-state index contributed by atoms with van der Waals surface area (Å²) in [6.07, 6.45) is -0.875. The number of primary amides is 1. The first-order valence-electron chi connectivity index (χ1n) is 3.91. The summed E-state index contributed by atoms with van der Waals surface area (Å²) in [5, 5.41) is 0. The molecule has 1 amide bonds. The predicted octanol–water partition coefficient (Wildman–Crippen LogP) is 1.22. The van der Waals surface area contributed by atoms with Gasteiger partial charge in [-0.25, -0.2) is 8.78 Å². The number of hydrogen-bond donors (Lipinski definition) is 1. The van der Waals surface area contributed by atoms with E-state index in [1.165, 1.54) is 13.0 Å². The van der Waals surface area contributed by atoms with Gasteiger partial charge in [-0.05, 0) is 19.1 Å². The molecular weight excluding hydrogens is 192 g/mol. The minimum Gasteiger partial charge on any atom is -0.481 e. The molecule has 0 aliphatic heterocycles. The fourth-order valence-electron chi connectivity index (χ4n) is 0.812. The SMILES string of the molecule is C[C@H](Oc1ccc(F)c(F)c1)C(N)=O. The first-order valence-corrected chi connectivity index (χ1v) is 3.91. The van der Waals surface area contributed by atoms with Crippen molar-refractivity contribution >= 4 is 5.91 Å². The van der Waals surface area contributed by atoms with Crippen LogP contribution in [0.5, 0.6) is 5.75 Å². The van der Waals surface area contributed by atoms with E-state index in [2.05, 4.69) is 0 Å². The molecule has 0 aliphatic rings. The van der Waals surface area contributed by atoms with Gasteiger partial charge >= 0.3 is 0 Å². The summed E-state index contributed by atoms with van der Waals surface area (Å²) >= 11 is 0. The van der Waals surface area contributed by atoms with Crippen LogP contribution >= 0.6 is 0 Å². The maximum atomic E-state index is 12.7. The molecule has 1 aromatic rings. The lowest BCUT2D eigenvalue weighted by atomic mass is 10.3. The van der Waals surface area contributed by atoms with E-state index >= 15 is 0 Å². The van der Waals surface area contributed by atoms with E-state index < -0.39 is 23.6 Å². The molecule has 0 saturated heterocycles. The van der Waals surface area contributed by atoms with Crippen molar-refractivity contribution in [2.75, 3.05) is 0 Å². The molecule has 1 atom stereocenters. The minimum absolute atomic E-state index is 0.0650. The van der Waals surface area contributed by atoms with Crippen LogP contribution in [0.15, 0.2) is 18.2 Å². The van der Waals surface area contributed by atoms with Crippen molar-refractivity contribution < 1.29 is 18.3 Å². The molecule has 5 heteroatoms. The molecule has 14 heavy (non-hydrogen) atoms. The second kappa shape index (κ2) is 4.04. The number of benzene rings is 1. The molecular formula is C9H9F2NO2. The van der Waals surface area contributed by atoms with Crippen molar-refractivity contribution in [2.45, 2.75) is 13.0 Å². The van der Waals surface area contributed by atoms with Gasteiger partial charge in [0.2, 0.25) is 0 Å². The molecule has 1 rings (SSSR count). The Morgan fingerprint density at radius 3 is 2.57 bits per heavy atom. The number of nitrogens with two attached hydrogens (primary N) is 1. The normalized spacial score (nSPS) is 12.2. The van der Waals surface area contributed by atoms with Gasteiger partial charge in [-0.1, -0.05) is 0 Å². The minimum atomic E-state index is -1.03. The Kier molecular flexibility index (Phi) is 3.01. The zero-order valence-corrected chi connectivity index (χ0v) is 7.46. The van der Waals surface area contributed by atoms with Gasteiger partial charge in [-0.3, -0.25) is 4.79 Å². The van der Waals surface area contributed by atoms with Crippen molar-refractivity contribution in [1.29, 1.82) is 0 Å². The molecule has 0 saturated carbocycles. The summed E-state index contributed by atoms with van der Waals surface area (Å²) < 4.78 is 30.1. The zero-order chi connectivity index (χ0) is 10.7. The van der Waals surface area contributed by atoms with Crippen LogP contribution in [0.4, 0.5) is 8.78 Å². The second-order valence-corrected chi connectivity index (χ2v) is 2.74. The number of ether oxygens (including phenoxy) is 1. The summed E-state index contributed by atoms with van der Waals surface area (Å²) in [6.45, 7) is 1.42. The van der Waals surface area contributed by atoms with Crippen LogP contribution in [0.3, 0.4) is 0 Å². The highest BCUT2D eigenvalue weighted by Crippen LogP contribution is 2.16. The molecule has 3 nitrogen and oxygen atoms in total. The van der Waals surface area contributed by atoms with Crippen LogP contribution < -0.4 is 10.5 Å². The summed E-state index contributed by atoms with van der Waals surface area (Å²) in [5.41, 5.74) is 4.92. The molecule has 0 heterocycles. The Bertz CT molecular complexity index is 355. The maximum Gasteiger partial charge on any atom is 0.258 e. The second-order valence-electron chi connectivity index (χ2n) is 2.74. The van der Waals surface area contributed by atoms with Crippen LogP contribution in [-0.2, 0) is 4.79 Å². The largest absolute Gasteiger partial charge is 0.481 e. The Hall–Kier alpha value is -1.65. The summed E-state index contributed by atoms with van der Waals surface area (Å²) in [5.74, 6) is -2.60. The quantitative estimate of drug-likeness (QED) is 0.799. The lowest BCUT2D eigenvalue weighted by Gasteiger charge is -2.10. The van der Waals surface area contributed by atoms with Crippen molar-refractivity contribution in [3.63, 3.8) is 0 Å². The third kappa shape index (κ3) is 2.42.